The molecule has 0 aliphatic carbocycles. The SMILES string of the molecule is CC(C)C(NC(=O)c1ccccc1)C(=O)N/N=C/c1ccc(OCc2ccccc2Cl)cc1. The predicted octanol–water partition coefficient (Wildman–Crippen LogP) is 4.82. The first-order chi connectivity index (χ1) is 15.9. The average molecular weight is 464 g/mol. The van der Waals surface area contributed by atoms with Gasteiger partial charge in [-0.1, -0.05) is 61.8 Å². The predicted molar refractivity (Wildman–Crippen MR) is 130 cm³/mol. The lowest BCUT2D eigenvalue weighted by molar-refractivity contribution is -0.123. The normalized spacial score (nSPS) is 11.9. The molecule has 0 heterocycles. The molecule has 170 valence electrons. The smallest absolute Gasteiger partial charge is 0.262 e. The largest absolute Gasteiger partial charge is 0.489 e. The molecule has 3 aromatic carbocycles. The van der Waals surface area contributed by atoms with Crippen molar-refractivity contribution in [3.63, 3.8) is 0 Å². The van der Waals surface area contributed by atoms with E-state index in [4.69, 9.17) is 16.3 Å². The van der Waals surface area contributed by atoms with Crippen LogP contribution >= 0.6 is 11.6 Å². The van der Waals surface area contributed by atoms with Gasteiger partial charge in [-0.2, -0.15) is 5.10 Å². The number of nitrogens with zero attached hydrogens (tertiary/aromatic N) is 1. The van der Waals surface area contributed by atoms with Crippen molar-refractivity contribution in [1.82, 2.24) is 10.7 Å². The molecule has 2 N–H and O–H groups in total. The summed E-state index contributed by atoms with van der Waals surface area (Å²) in [6.45, 7) is 4.09. The summed E-state index contributed by atoms with van der Waals surface area (Å²) in [4.78, 5) is 25.0. The van der Waals surface area contributed by atoms with Crippen molar-refractivity contribution < 1.29 is 14.3 Å². The van der Waals surface area contributed by atoms with Crippen molar-refractivity contribution in [3.05, 3.63) is 101 Å². The molecule has 6 nitrogen and oxygen atoms in total. The molecule has 7 heteroatoms. The van der Waals surface area contributed by atoms with Crippen LogP contribution < -0.4 is 15.5 Å². The molecule has 0 saturated carbocycles. The molecule has 3 rings (SSSR count). The summed E-state index contributed by atoms with van der Waals surface area (Å²) in [6, 6.07) is 22.9. The number of benzene rings is 3. The molecule has 0 fully saturated rings. The molecule has 0 aliphatic rings. The number of halogens is 1. The van der Waals surface area contributed by atoms with Crippen LogP contribution in [0.3, 0.4) is 0 Å². The van der Waals surface area contributed by atoms with Gasteiger partial charge < -0.3 is 10.1 Å². The summed E-state index contributed by atoms with van der Waals surface area (Å²) in [7, 11) is 0. The number of ether oxygens (including phenoxy) is 1. The number of rotatable bonds is 9. The summed E-state index contributed by atoms with van der Waals surface area (Å²) < 4.78 is 5.76. The summed E-state index contributed by atoms with van der Waals surface area (Å²) in [5.74, 6) is -0.104. The molecule has 3 aromatic rings. The van der Waals surface area contributed by atoms with Gasteiger partial charge in [0.2, 0.25) is 0 Å². The van der Waals surface area contributed by atoms with Crippen LogP contribution in [-0.4, -0.2) is 24.1 Å². The number of nitrogens with one attached hydrogen (secondary N) is 2. The van der Waals surface area contributed by atoms with Gasteiger partial charge in [0.25, 0.3) is 11.8 Å². The number of amides is 2. The zero-order valence-corrected chi connectivity index (χ0v) is 19.3. The van der Waals surface area contributed by atoms with Gasteiger partial charge in [-0.3, -0.25) is 9.59 Å². The minimum atomic E-state index is -0.713. The molecular weight excluding hydrogens is 438 g/mol. The minimum absolute atomic E-state index is 0.109. The van der Waals surface area contributed by atoms with E-state index in [9.17, 15) is 9.59 Å². The molecule has 0 aliphatic heterocycles. The van der Waals surface area contributed by atoms with Crippen molar-refractivity contribution in [2.45, 2.75) is 26.5 Å². The van der Waals surface area contributed by atoms with Gasteiger partial charge in [-0.15, -0.1) is 0 Å². The van der Waals surface area contributed by atoms with Crippen molar-refractivity contribution in [1.29, 1.82) is 0 Å². The van der Waals surface area contributed by atoms with Crippen molar-refractivity contribution in [3.8, 4) is 5.75 Å². The number of carbonyl (C=O) groups is 2. The van der Waals surface area contributed by atoms with E-state index in [1.807, 2.05) is 68.4 Å². The highest BCUT2D eigenvalue weighted by Gasteiger charge is 2.24. The van der Waals surface area contributed by atoms with Gasteiger partial charge in [0.15, 0.2) is 0 Å². The van der Waals surface area contributed by atoms with Crippen molar-refractivity contribution in [2.24, 2.45) is 11.0 Å². The van der Waals surface area contributed by atoms with E-state index in [0.29, 0.717) is 22.9 Å². The second-order valence-corrected chi connectivity index (χ2v) is 8.15. The van der Waals surface area contributed by atoms with Crippen LogP contribution in [0.1, 0.15) is 35.3 Å². The first-order valence-electron chi connectivity index (χ1n) is 10.6. The number of hydrogen-bond acceptors (Lipinski definition) is 4. The third-order valence-corrected chi connectivity index (χ3v) is 5.26. The number of hydrazone groups is 1. The molecule has 2 amide bonds. The van der Waals surface area contributed by atoms with Gasteiger partial charge in [-0.05, 0) is 53.9 Å². The Bertz CT molecular complexity index is 1100. The van der Waals surface area contributed by atoms with Crippen LogP contribution in [0.15, 0.2) is 84.0 Å². The Morgan fingerprint density at radius 3 is 2.30 bits per heavy atom. The zero-order valence-electron chi connectivity index (χ0n) is 18.5. The molecule has 0 radical (unpaired) electrons. The monoisotopic (exact) mass is 463 g/mol. The summed E-state index contributed by atoms with van der Waals surface area (Å²) in [5, 5.41) is 7.46. The Balaban J connectivity index is 1.52. The van der Waals surface area contributed by atoms with Crippen LogP contribution in [-0.2, 0) is 11.4 Å². The highest BCUT2D eigenvalue weighted by atomic mass is 35.5. The maximum absolute atomic E-state index is 12.6. The van der Waals surface area contributed by atoms with Gasteiger partial charge >= 0.3 is 0 Å². The first kappa shape index (κ1) is 24.0. The van der Waals surface area contributed by atoms with Crippen molar-refractivity contribution >= 4 is 29.6 Å². The minimum Gasteiger partial charge on any atom is -0.489 e. The van der Waals surface area contributed by atoms with Crippen molar-refractivity contribution in [2.75, 3.05) is 0 Å². The topological polar surface area (TPSA) is 79.8 Å². The third-order valence-electron chi connectivity index (χ3n) is 4.89. The molecule has 0 saturated heterocycles. The van der Waals surface area contributed by atoms with Gasteiger partial charge in [0, 0.05) is 16.1 Å². The van der Waals surface area contributed by atoms with Crippen LogP contribution in [0.4, 0.5) is 0 Å². The van der Waals surface area contributed by atoms with E-state index < -0.39 is 6.04 Å². The van der Waals surface area contributed by atoms with E-state index in [2.05, 4.69) is 15.8 Å². The molecule has 33 heavy (non-hydrogen) atoms. The molecule has 0 bridgehead atoms. The lowest BCUT2D eigenvalue weighted by atomic mass is 10.0. The summed E-state index contributed by atoms with van der Waals surface area (Å²) >= 11 is 6.14. The van der Waals surface area contributed by atoms with E-state index >= 15 is 0 Å². The maximum atomic E-state index is 12.6. The third kappa shape index (κ3) is 7.19. The fraction of sp³-hybridized carbons (Fsp3) is 0.192. The average Bonchev–Trinajstić information content (AvgIpc) is 2.83. The Morgan fingerprint density at radius 2 is 1.64 bits per heavy atom. The maximum Gasteiger partial charge on any atom is 0.262 e. The second-order valence-electron chi connectivity index (χ2n) is 7.74. The molecule has 1 atom stereocenters. The molecule has 0 aromatic heterocycles. The second kappa shape index (κ2) is 11.8. The fourth-order valence-electron chi connectivity index (χ4n) is 3.02. The van der Waals surface area contributed by atoms with E-state index in [1.165, 1.54) is 6.21 Å². The van der Waals surface area contributed by atoms with E-state index in [0.717, 1.165) is 11.1 Å². The quantitative estimate of drug-likeness (QED) is 0.352. The lowest BCUT2D eigenvalue weighted by Crippen LogP contribution is -2.48. The molecule has 0 spiro atoms. The zero-order chi connectivity index (χ0) is 23.6. The fourth-order valence-corrected chi connectivity index (χ4v) is 3.21. The van der Waals surface area contributed by atoms with Crippen LogP contribution in [0.5, 0.6) is 5.75 Å². The van der Waals surface area contributed by atoms with Gasteiger partial charge in [0.1, 0.15) is 18.4 Å². The van der Waals surface area contributed by atoms with Crippen LogP contribution in [0.2, 0.25) is 5.02 Å². The molecule has 1 unspecified atom stereocenters. The lowest BCUT2D eigenvalue weighted by Gasteiger charge is -2.20. The van der Waals surface area contributed by atoms with Crippen LogP contribution in [0, 0.1) is 5.92 Å². The van der Waals surface area contributed by atoms with E-state index in [1.54, 1.807) is 24.3 Å². The number of carbonyl (C=O) groups excluding carboxylic acids is 2. The summed E-state index contributed by atoms with van der Waals surface area (Å²) in [6.07, 6.45) is 1.53. The van der Waals surface area contributed by atoms with Gasteiger partial charge in [-0.25, -0.2) is 5.43 Å². The number of hydrogen-bond donors (Lipinski definition) is 2. The summed E-state index contributed by atoms with van der Waals surface area (Å²) in [5.41, 5.74) is 4.70. The Labute approximate surface area is 198 Å². The van der Waals surface area contributed by atoms with Crippen LogP contribution in [0.25, 0.3) is 0 Å². The van der Waals surface area contributed by atoms with Gasteiger partial charge in [0.05, 0.1) is 6.21 Å². The Morgan fingerprint density at radius 1 is 0.970 bits per heavy atom. The Kier molecular flexibility index (Phi) is 8.61. The first-order valence-corrected chi connectivity index (χ1v) is 11.0. The highest BCUT2D eigenvalue weighted by Crippen LogP contribution is 2.18. The molecular formula is C26H26ClN3O3. The van der Waals surface area contributed by atoms with E-state index in [-0.39, 0.29) is 17.7 Å². The standard InChI is InChI=1S/C26H26ClN3O3/c1-18(2)24(29-25(31)20-8-4-3-5-9-20)26(32)30-28-16-19-12-14-22(15-13-19)33-17-21-10-6-7-11-23(21)27/h3-16,18,24H,17H2,1-2H3,(H,29,31)(H,30,32)/b28-16+. The highest BCUT2D eigenvalue weighted by molar-refractivity contribution is 6.31. The Hall–Kier alpha value is -3.64.